The molecule has 0 saturated heterocycles. The maximum Gasteiger partial charge on any atom is 0.0475 e. The molecule has 2 rings (SSSR count). The van der Waals surface area contributed by atoms with E-state index >= 15 is 0 Å². The molecule has 0 radical (unpaired) electrons. The Kier molecular flexibility index (Phi) is 5.03. The van der Waals surface area contributed by atoms with Crippen molar-refractivity contribution >= 4 is 5.69 Å². The Bertz CT molecular complexity index is 604. The minimum Gasteiger partial charge on any atom is -0.370 e. The zero-order valence-corrected chi connectivity index (χ0v) is 13.6. The molecule has 0 amide bonds. The molecule has 1 atom stereocenters. The van der Waals surface area contributed by atoms with Crippen LogP contribution in [0.2, 0.25) is 0 Å². The fraction of sp³-hybridized carbons (Fsp3) is 0.368. The maximum atomic E-state index is 6.47. The molecule has 2 aromatic carbocycles. The molecular formula is C19H26N2. The van der Waals surface area contributed by atoms with Crippen molar-refractivity contribution in [3.05, 3.63) is 64.7 Å². The van der Waals surface area contributed by atoms with Gasteiger partial charge in [-0.2, -0.15) is 0 Å². The molecule has 0 aromatic heterocycles. The summed E-state index contributed by atoms with van der Waals surface area (Å²) in [6, 6.07) is 15.2. The van der Waals surface area contributed by atoms with Crippen molar-refractivity contribution in [3.63, 3.8) is 0 Å². The molecule has 0 heterocycles. The third-order valence-corrected chi connectivity index (χ3v) is 4.00. The molecule has 0 saturated carbocycles. The van der Waals surface area contributed by atoms with Crippen molar-refractivity contribution in [2.75, 3.05) is 18.0 Å². The van der Waals surface area contributed by atoms with Crippen molar-refractivity contribution < 1.29 is 0 Å². The average molecular weight is 282 g/mol. The van der Waals surface area contributed by atoms with Crippen LogP contribution >= 0.6 is 0 Å². The fourth-order valence-electron chi connectivity index (χ4n) is 2.74. The third-order valence-electron chi connectivity index (χ3n) is 4.00. The summed E-state index contributed by atoms with van der Waals surface area (Å²) in [5.74, 6) is 0. The molecule has 2 aromatic rings. The standard InChI is InChI=1S/C19H26N2/c1-5-21(17-8-6-7-14(2)11-17)13-19(20)18-12-15(3)9-10-16(18)4/h6-12,19H,5,13,20H2,1-4H3. The zero-order chi connectivity index (χ0) is 15.4. The Morgan fingerprint density at radius 2 is 1.71 bits per heavy atom. The van der Waals surface area contributed by atoms with Gasteiger partial charge in [-0.05, 0) is 56.5 Å². The Labute approximate surface area is 128 Å². The largest absolute Gasteiger partial charge is 0.370 e. The van der Waals surface area contributed by atoms with Crippen molar-refractivity contribution in [1.82, 2.24) is 0 Å². The zero-order valence-electron chi connectivity index (χ0n) is 13.6. The number of hydrogen-bond acceptors (Lipinski definition) is 2. The van der Waals surface area contributed by atoms with Crippen LogP contribution in [0.25, 0.3) is 0 Å². The van der Waals surface area contributed by atoms with Crippen molar-refractivity contribution in [1.29, 1.82) is 0 Å². The van der Waals surface area contributed by atoms with Gasteiger partial charge in [-0.3, -0.25) is 0 Å². The van der Waals surface area contributed by atoms with Crippen molar-refractivity contribution in [2.45, 2.75) is 33.7 Å². The normalized spacial score (nSPS) is 12.2. The van der Waals surface area contributed by atoms with E-state index < -0.39 is 0 Å². The first-order valence-electron chi connectivity index (χ1n) is 7.65. The van der Waals surface area contributed by atoms with Crippen LogP contribution in [-0.4, -0.2) is 13.1 Å². The number of benzene rings is 2. The van der Waals surface area contributed by atoms with Gasteiger partial charge < -0.3 is 10.6 Å². The van der Waals surface area contributed by atoms with Crippen molar-refractivity contribution in [2.24, 2.45) is 5.73 Å². The second-order valence-electron chi connectivity index (χ2n) is 5.84. The fourth-order valence-corrected chi connectivity index (χ4v) is 2.74. The molecule has 0 aliphatic heterocycles. The van der Waals surface area contributed by atoms with Crippen molar-refractivity contribution in [3.8, 4) is 0 Å². The third kappa shape index (κ3) is 3.85. The summed E-state index contributed by atoms with van der Waals surface area (Å²) in [5.41, 5.74) is 12.8. The smallest absolute Gasteiger partial charge is 0.0475 e. The average Bonchev–Trinajstić information content (AvgIpc) is 2.47. The summed E-state index contributed by atoms with van der Waals surface area (Å²) in [6.07, 6.45) is 0. The first-order valence-corrected chi connectivity index (χ1v) is 7.65. The van der Waals surface area contributed by atoms with Gasteiger partial charge in [0.2, 0.25) is 0 Å². The highest BCUT2D eigenvalue weighted by molar-refractivity contribution is 5.49. The van der Waals surface area contributed by atoms with E-state index in [1.54, 1.807) is 0 Å². The summed E-state index contributed by atoms with van der Waals surface area (Å²) >= 11 is 0. The Morgan fingerprint density at radius 1 is 1.00 bits per heavy atom. The summed E-state index contributed by atoms with van der Waals surface area (Å²) in [6.45, 7) is 10.4. The first-order chi connectivity index (χ1) is 10.0. The van der Waals surface area contributed by atoms with E-state index in [0.717, 1.165) is 13.1 Å². The molecule has 0 fully saturated rings. The van der Waals surface area contributed by atoms with Crippen LogP contribution in [0.1, 0.15) is 35.2 Å². The van der Waals surface area contributed by atoms with Crippen LogP contribution in [0.4, 0.5) is 5.69 Å². The lowest BCUT2D eigenvalue weighted by molar-refractivity contribution is 0.673. The SMILES string of the molecule is CCN(CC(N)c1cc(C)ccc1C)c1cccc(C)c1. The Balaban J connectivity index is 2.20. The summed E-state index contributed by atoms with van der Waals surface area (Å²) in [7, 11) is 0. The van der Waals surface area contributed by atoms with E-state index in [1.807, 2.05) is 0 Å². The van der Waals surface area contributed by atoms with E-state index in [4.69, 9.17) is 5.73 Å². The predicted octanol–water partition coefficient (Wildman–Crippen LogP) is 4.14. The topological polar surface area (TPSA) is 29.3 Å². The lowest BCUT2D eigenvalue weighted by atomic mass is 9.99. The minimum atomic E-state index is 0.0327. The molecule has 0 spiro atoms. The van der Waals surface area contributed by atoms with E-state index in [0.29, 0.717) is 0 Å². The van der Waals surface area contributed by atoms with Crippen LogP contribution in [-0.2, 0) is 0 Å². The van der Waals surface area contributed by atoms with Crippen LogP contribution in [0.5, 0.6) is 0 Å². The van der Waals surface area contributed by atoms with Crippen LogP contribution in [0, 0.1) is 20.8 Å². The van der Waals surface area contributed by atoms with Crippen LogP contribution < -0.4 is 10.6 Å². The highest BCUT2D eigenvalue weighted by Gasteiger charge is 2.14. The number of nitrogens with zero attached hydrogens (tertiary/aromatic N) is 1. The highest BCUT2D eigenvalue weighted by Crippen LogP contribution is 2.22. The van der Waals surface area contributed by atoms with Gasteiger partial charge in [-0.15, -0.1) is 0 Å². The number of nitrogens with two attached hydrogens (primary N) is 1. The van der Waals surface area contributed by atoms with Gasteiger partial charge in [0, 0.05) is 24.8 Å². The number of rotatable bonds is 5. The molecular weight excluding hydrogens is 256 g/mol. The van der Waals surface area contributed by atoms with Gasteiger partial charge in [0.1, 0.15) is 0 Å². The lowest BCUT2D eigenvalue weighted by Crippen LogP contribution is -2.32. The molecule has 21 heavy (non-hydrogen) atoms. The number of hydrogen-bond donors (Lipinski definition) is 1. The summed E-state index contributed by atoms with van der Waals surface area (Å²) in [4.78, 5) is 2.35. The molecule has 1 unspecified atom stereocenters. The Morgan fingerprint density at radius 3 is 2.38 bits per heavy atom. The molecule has 112 valence electrons. The second-order valence-corrected chi connectivity index (χ2v) is 5.84. The number of aryl methyl sites for hydroxylation is 3. The molecule has 2 heteroatoms. The van der Waals surface area contributed by atoms with E-state index in [1.165, 1.54) is 27.9 Å². The molecule has 0 bridgehead atoms. The van der Waals surface area contributed by atoms with E-state index in [-0.39, 0.29) is 6.04 Å². The molecule has 2 N–H and O–H groups in total. The van der Waals surface area contributed by atoms with Gasteiger partial charge >= 0.3 is 0 Å². The number of likely N-dealkylation sites (N-methyl/N-ethyl adjacent to an activating group) is 1. The van der Waals surface area contributed by atoms with Crippen LogP contribution in [0.3, 0.4) is 0 Å². The highest BCUT2D eigenvalue weighted by atomic mass is 15.1. The van der Waals surface area contributed by atoms with Crippen LogP contribution in [0.15, 0.2) is 42.5 Å². The number of anilines is 1. The van der Waals surface area contributed by atoms with Gasteiger partial charge in [-0.1, -0.05) is 35.9 Å². The summed E-state index contributed by atoms with van der Waals surface area (Å²) in [5, 5.41) is 0. The van der Waals surface area contributed by atoms with Gasteiger partial charge in [-0.25, -0.2) is 0 Å². The van der Waals surface area contributed by atoms with Gasteiger partial charge in [0.25, 0.3) is 0 Å². The second kappa shape index (κ2) is 6.77. The maximum absolute atomic E-state index is 6.47. The lowest BCUT2D eigenvalue weighted by Gasteiger charge is -2.28. The predicted molar refractivity (Wildman–Crippen MR) is 91.9 cm³/mol. The van der Waals surface area contributed by atoms with E-state index in [9.17, 15) is 0 Å². The Hall–Kier alpha value is -1.80. The monoisotopic (exact) mass is 282 g/mol. The van der Waals surface area contributed by atoms with Gasteiger partial charge in [0.15, 0.2) is 0 Å². The first kappa shape index (κ1) is 15.6. The minimum absolute atomic E-state index is 0.0327. The molecule has 0 aliphatic carbocycles. The van der Waals surface area contributed by atoms with Gasteiger partial charge in [0.05, 0.1) is 0 Å². The molecule has 2 nitrogen and oxygen atoms in total. The quantitative estimate of drug-likeness (QED) is 0.893. The molecule has 0 aliphatic rings. The summed E-state index contributed by atoms with van der Waals surface area (Å²) < 4.78 is 0. The van der Waals surface area contributed by atoms with E-state index in [2.05, 4.69) is 75.1 Å².